The van der Waals surface area contributed by atoms with Crippen LogP contribution < -0.4 is 10.6 Å². The van der Waals surface area contributed by atoms with Gasteiger partial charge in [0.2, 0.25) is 0 Å². The molecule has 0 aliphatic carbocycles. The van der Waals surface area contributed by atoms with Gasteiger partial charge in [-0.25, -0.2) is 26.8 Å². The zero-order chi connectivity index (χ0) is 29.9. The van der Waals surface area contributed by atoms with Crippen molar-refractivity contribution in [2.24, 2.45) is 0 Å². The molecule has 2 aliphatic rings. The molecule has 1 fully saturated rings. The van der Waals surface area contributed by atoms with Crippen molar-refractivity contribution in [3.05, 3.63) is 51.4 Å². The lowest BCUT2D eigenvalue weighted by atomic mass is 10.0. The maximum absolute atomic E-state index is 14.9. The van der Waals surface area contributed by atoms with Crippen LogP contribution in [0.25, 0.3) is 22.0 Å². The van der Waals surface area contributed by atoms with Crippen LogP contribution in [-0.4, -0.2) is 78.0 Å². The van der Waals surface area contributed by atoms with E-state index in [-0.39, 0.29) is 41.8 Å². The highest BCUT2D eigenvalue weighted by Gasteiger charge is 2.36. The number of sulfone groups is 1. The second-order valence-electron chi connectivity index (χ2n) is 11.2. The Hall–Kier alpha value is -2.90. The molecule has 3 heterocycles. The molecule has 5 rings (SSSR count). The van der Waals surface area contributed by atoms with Gasteiger partial charge in [0.1, 0.15) is 32.9 Å². The number of hydrogen-bond acceptors (Lipinski definition) is 8. The molecule has 1 atom stereocenters. The SMILES string of the molecule is CC(C)(C)OC(=O)N1CCN(c2nc(=O)n3c4c(c(-c5ccc(F)cc5F)c(Cl)cc24)SCC3)[C@@H](CS(C)(=O)=O)C1. The van der Waals surface area contributed by atoms with Crippen LogP contribution in [0, 0.1) is 11.6 Å². The van der Waals surface area contributed by atoms with E-state index >= 15 is 0 Å². The molecule has 0 unspecified atom stereocenters. The van der Waals surface area contributed by atoms with Crippen molar-refractivity contribution >= 4 is 56.0 Å². The average Bonchev–Trinajstić information content (AvgIpc) is 2.85. The van der Waals surface area contributed by atoms with Crippen molar-refractivity contribution in [2.75, 3.05) is 42.3 Å². The number of piperazine rings is 1. The predicted molar refractivity (Wildman–Crippen MR) is 156 cm³/mol. The fraction of sp³-hybridized carbons (Fsp3) is 0.444. The molecule has 3 aromatic rings. The van der Waals surface area contributed by atoms with Crippen molar-refractivity contribution in [1.29, 1.82) is 0 Å². The maximum atomic E-state index is 14.9. The molecule has 0 spiro atoms. The van der Waals surface area contributed by atoms with Crippen LogP contribution in [0.3, 0.4) is 0 Å². The van der Waals surface area contributed by atoms with Crippen LogP contribution in [0.1, 0.15) is 20.8 Å². The summed E-state index contributed by atoms with van der Waals surface area (Å²) in [6.45, 7) is 6.00. The van der Waals surface area contributed by atoms with Gasteiger partial charge in [-0.3, -0.25) is 4.57 Å². The van der Waals surface area contributed by atoms with Crippen LogP contribution in [0.5, 0.6) is 0 Å². The highest BCUT2D eigenvalue weighted by Crippen LogP contribution is 2.46. The van der Waals surface area contributed by atoms with Crippen LogP contribution in [-0.2, 0) is 21.1 Å². The fourth-order valence-corrected chi connectivity index (χ4v) is 7.77. The lowest BCUT2D eigenvalue weighted by Crippen LogP contribution is -2.58. The first-order valence-electron chi connectivity index (χ1n) is 12.9. The van der Waals surface area contributed by atoms with Gasteiger partial charge in [-0.2, -0.15) is 4.98 Å². The number of aryl methyl sites for hydroxylation is 1. The number of carbonyl (C=O) groups excluding carboxylic acids is 1. The first-order valence-corrected chi connectivity index (χ1v) is 16.3. The second kappa shape index (κ2) is 10.7. The molecule has 0 N–H and O–H groups in total. The summed E-state index contributed by atoms with van der Waals surface area (Å²) in [5.74, 6) is -1.08. The summed E-state index contributed by atoms with van der Waals surface area (Å²) in [5.41, 5.74) is -0.347. The quantitative estimate of drug-likeness (QED) is 0.415. The first kappa shape index (κ1) is 29.6. The summed E-state index contributed by atoms with van der Waals surface area (Å²) in [7, 11) is -3.52. The summed E-state index contributed by atoms with van der Waals surface area (Å²) in [6.07, 6.45) is 0.542. The average molecular weight is 627 g/mol. The molecular weight excluding hydrogens is 598 g/mol. The number of nitrogens with zero attached hydrogens (tertiary/aromatic N) is 4. The van der Waals surface area contributed by atoms with Gasteiger partial charge in [-0.1, -0.05) is 11.6 Å². The molecule has 0 saturated carbocycles. The van der Waals surface area contributed by atoms with Gasteiger partial charge in [0, 0.05) is 65.7 Å². The number of hydrogen-bond donors (Lipinski definition) is 0. The summed E-state index contributed by atoms with van der Waals surface area (Å²) in [6, 6.07) is 4.08. The van der Waals surface area contributed by atoms with Gasteiger partial charge in [0.05, 0.1) is 22.3 Å². The summed E-state index contributed by atoms with van der Waals surface area (Å²) < 4.78 is 60.5. The van der Waals surface area contributed by atoms with Gasteiger partial charge in [-0.05, 0) is 39.0 Å². The van der Waals surface area contributed by atoms with E-state index in [1.165, 1.54) is 27.3 Å². The third-order valence-electron chi connectivity index (χ3n) is 6.81. The number of halogens is 3. The number of amides is 1. The Balaban J connectivity index is 1.66. The third kappa shape index (κ3) is 6.02. The van der Waals surface area contributed by atoms with E-state index in [1.54, 1.807) is 31.7 Å². The van der Waals surface area contributed by atoms with Crippen molar-refractivity contribution < 1.29 is 26.7 Å². The number of thioether (sulfide) groups is 1. The number of benzene rings is 2. The van der Waals surface area contributed by atoms with Gasteiger partial charge in [-0.15, -0.1) is 11.8 Å². The summed E-state index contributed by atoms with van der Waals surface area (Å²) in [4.78, 5) is 34.3. The Morgan fingerprint density at radius 2 is 1.93 bits per heavy atom. The zero-order valence-electron chi connectivity index (χ0n) is 22.9. The smallest absolute Gasteiger partial charge is 0.410 e. The number of rotatable bonds is 4. The molecule has 14 heteroatoms. The Kier molecular flexibility index (Phi) is 7.75. The summed E-state index contributed by atoms with van der Waals surface area (Å²) in [5, 5.41) is 0.667. The molecule has 2 aromatic carbocycles. The molecule has 0 radical (unpaired) electrons. The topological polar surface area (TPSA) is 102 Å². The van der Waals surface area contributed by atoms with E-state index in [2.05, 4.69) is 4.98 Å². The zero-order valence-corrected chi connectivity index (χ0v) is 25.3. The standard InChI is InChI=1S/C27H29ClF2N4O5S2/c1-27(2,3)39-26(36)32-7-8-33(16(13-32)14-41(4,37)38)24-18-12-19(28)21(17-6-5-15(29)11-20(17)30)23-22(18)34(9-10-40-23)25(35)31-24/h5-6,11-12,16H,7-10,13-14H2,1-4H3/t16-/m1/s1. The minimum atomic E-state index is -3.52. The maximum Gasteiger partial charge on any atom is 0.410 e. The number of carbonyl (C=O) groups is 1. The first-order chi connectivity index (χ1) is 19.1. The molecule has 2 aliphatic heterocycles. The van der Waals surface area contributed by atoms with Crippen molar-refractivity contribution in [1.82, 2.24) is 14.5 Å². The van der Waals surface area contributed by atoms with E-state index in [0.717, 1.165) is 18.4 Å². The largest absolute Gasteiger partial charge is 0.444 e. The Labute approximate surface area is 245 Å². The highest BCUT2D eigenvalue weighted by atomic mass is 35.5. The predicted octanol–water partition coefficient (Wildman–Crippen LogP) is 4.57. The molecule has 1 aromatic heterocycles. The second-order valence-corrected chi connectivity index (χ2v) is 14.9. The number of aromatic nitrogens is 2. The lowest BCUT2D eigenvalue weighted by molar-refractivity contribution is 0.0219. The molecule has 9 nitrogen and oxygen atoms in total. The number of ether oxygens (including phenoxy) is 1. The van der Waals surface area contributed by atoms with Gasteiger partial charge < -0.3 is 14.5 Å². The van der Waals surface area contributed by atoms with E-state index in [4.69, 9.17) is 16.3 Å². The molecule has 0 bridgehead atoms. The van der Waals surface area contributed by atoms with Crippen molar-refractivity contribution in [3.8, 4) is 11.1 Å². The van der Waals surface area contributed by atoms with E-state index in [9.17, 15) is 26.8 Å². The van der Waals surface area contributed by atoms with E-state index in [0.29, 0.717) is 33.7 Å². The van der Waals surface area contributed by atoms with Crippen LogP contribution in [0.15, 0.2) is 34.0 Å². The fourth-order valence-electron chi connectivity index (χ4n) is 5.23. The van der Waals surface area contributed by atoms with Crippen LogP contribution >= 0.6 is 23.4 Å². The Bertz CT molecular complexity index is 1730. The molecular formula is C27H29ClF2N4O5S2. The molecule has 1 saturated heterocycles. The molecule has 41 heavy (non-hydrogen) atoms. The highest BCUT2D eigenvalue weighted by molar-refractivity contribution is 7.99. The van der Waals surface area contributed by atoms with Crippen molar-refractivity contribution in [2.45, 2.75) is 43.9 Å². The van der Waals surface area contributed by atoms with Crippen LogP contribution in [0.4, 0.5) is 19.4 Å². The van der Waals surface area contributed by atoms with Gasteiger partial charge in [0.15, 0.2) is 0 Å². The summed E-state index contributed by atoms with van der Waals surface area (Å²) >= 11 is 8.15. The lowest BCUT2D eigenvalue weighted by Gasteiger charge is -2.42. The normalized spacial score (nSPS) is 17.7. The van der Waals surface area contributed by atoms with E-state index in [1.807, 2.05) is 0 Å². The third-order valence-corrected chi connectivity index (χ3v) is 9.18. The monoisotopic (exact) mass is 626 g/mol. The Morgan fingerprint density at radius 3 is 2.59 bits per heavy atom. The van der Waals surface area contributed by atoms with E-state index < -0.39 is 44.9 Å². The molecule has 1 amide bonds. The minimum absolute atomic E-state index is 0.0302. The number of anilines is 1. The van der Waals surface area contributed by atoms with Crippen LogP contribution in [0.2, 0.25) is 5.02 Å². The van der Waals surface area contributed by atoms with Gasteiger partial charge >= 0.3 is 11.8 Å². The minimum Gasteiger partial charge on any atom is -0.444 e. The van der Waals surface area contributed by atoms with Gasteiger partial charge in [0.25, 0.3) is 0 Å². The van der Waals surface area contributed by atoms with Crippen molar-refractivity contribution in [3.63, 3.8) is 0 Å². The molecule has 220 valence electrons. The Morgan fingerprint density at radius 1 is 1.20 bits per heavy atom.